The maximum Gasteiger partial charge on any atom is 0.119 e. The van der Waals surface area contributed by atoms with Gasteiger partial charge in [0.1, 0.15) is 5.75 Å². The van der Waals surface area contributed by atoms with Crippen LogP contribution in [0.1, 0.15) is 17.0 Å². The molecule has 0 N–H and O–H groups in total. The smallest absolute Gasteiger partial charge is 0.119 e. The lowest BCUT2D eigenvalue weighted by atomic mass is 10.0. The van der Waals surface area contributed by atoms with Gasteiger partial charge >= 0.3 is 0 Å². The molecule has 1 unspecified atom stereocenters. The predicted octanol–water partition coefficient (Wildman–Crippen LogP) is 4.69. The van der Waals surface area contributed by atoms with E-state index in [1.165, 1.54) is 10.5 Å². The predicted molar refractivity (Wildman–Crippen MR) is 81.4 cm³/mol. The van der Waals surface area contributed by atoms with Crippen LogP contribution in [0.5, 0.6) is 5.75 Å². The zero-order valence-corrected chi connectivity index (χ0v) is 12.1. The topological polar surface area (TPSA) is 9.23 Å². The van der Waals surface area contributed by atoms with E-state index in [4.69, 9.17) is 16.3 Å². The Morgan fingerprint density at radius 3 is 2.68 bits per heavy atom. The van der Waals surface area contributed by atoms with Crippen molar-refractivity contribution in [2.75, 3.05) is 12.4 Å². The lowest BCUT2D eigenvalue weighted by Crippen LogP contribution is -2.09. The standard InChI is InChI=1S/C16H15ClOS/c17-9-12-5-7-14(8-6-12)18-10-13-11-19-16-4-2-1-3-15(13)16/h1-8,13H,9-11H2. The largest absolute Gasteiger partial charge is 0.493 e. The molecule has 3 heteroatoms. The van der Waals surface area contributed by atoms with Gasteiger partial charge in [0.05, 0.1) is 6.61 Å². The zero-order valence-electron chi connectivity index (χ0n) is 10.5. The average molecular weight is 291 g/mol. The first-order valence-electron chi connectivity index (χ1n) is 6.36. The van der Waals surface area contributed by atoms with Crippen LogP contribution in [0.4, 0.5) is 0 Å². The van der Waals surface area contributed by atoms with Crippen molar-refractivity contribution in [2.24, 2.45) is 0 Å². The van der Waals surface area contributed by atoms with Gasteiger partial charge in [-0.1, -0.05) is 30.3 Å². The Hall–Kier alpha value is -1.12. The van der Waals surface area contributed by atoms with Gasteiger partial charge in [-0.25, -0.2) is 0 Å². The molecule has 0 aliphatic carbocycles. The summed E-state index contributed by atoms with van der Waals surface area (Å²) in [4.78, 5) is 1.40. The molecule has 1 aliphatic rings. The van der Waals surface area contributed by atoms with Crippen LogP contribution in [0, 0.1) is 0 Å². The van der Waals surface area contributed by atoms with Crippen LogP contribution in [0.15, 0.2) is 53.4 Å². The van der Waals surface area contributed by atoms with Crippen LogP contribution in [0.2, 0.25) is 0 Å². The molecule has 19 heavy (non-hydrogen) atoms. The van der Waals surface area contributed by atoms with E-state index < -0.39 is 0 Å². The van der Waals surface area contributed by atoms with E-state index in [1.54, 1.807) is 0 Å². The monoisotopic (exact) mass is 290 g/mol. The van der Waals surface area contributed by atoms with E-state index in [2.05, 4.69) is 24.3 Å². The molecule has 1 atom stereocenters. The third kappa shape index (κ3) is 2.90. The molecule has 2 aromatic carbocycles. The minimum absolute atomic E-state index is 0.494. The second-order valence-electron chi connectivity index (χ2n) is 4.63. The Balaban J connectivity index is 1.64. The third-order valence-corrected chi connectivity index (χ3v) is 4.89. The number of alkyl halides is 1. The first-order valence-corrected chi connectivity index (χ1v) is 7.88. The summed E-state index contributed by atoms with van der Waals surface area (Å²) in [6.07, 6.45) is 0. The van der Waals surface area contributed by atoms with Gasteiger partial charge in [-0.2, -0.15) is 0 Å². The van der Waals surface area contributed by atoms with E-state index >= 15 is 0 Å². The molecule has 0 aromatic heterocycles. The van der Waals surface area contributed by atoms with E-state index in [0.717, 1.165) is 23.7 Å². The molecule has 98 valence electrons. The summed E-state index contributed by atoms with van der Waals surface area (Å²) in [5, 5.41) is 0. The maximum atomic E-state index is 5.89. The van der Waals surface area contributed by atoms with Crippen molar-refractivity contribution in [1.82, 2.24) is 0 Å². The van der Waals surface area contributed by atoms with Crippen molar-refractivity contribution < 1.29 is 4.74 Å². The number of hydrogen-bond acceptors (Lipinski definition) is 2. The number of halogens is 1. The molecule has 0 amide bonds. The number of fused-ring (bicyclic) bond motifs is 1. The molecular formula is C16H15ClOS. The molecule has 0 fully saturated rings. The summed E-state index contributed by atoms with van der Waals surface area (Å²) >= 11 is 7.69. The van der Waals surface area contributed by atoms with Gasteiger partial charge in [0.2, 0.25) is 0 Å². The molecule has 0 saturated carbocycles. The molecule has 0 saturated heterocycles. The van der Waals surface area contributed by atoms with Crippen molar-refractivity contribution in [3.05, 3.63) is 59.7 Å². The van der Waals surface area contributed by atoms with Crippen LogP contribution in [0.3, 0.4) is 0 Å². The van der Waals surface area contributed by atoms with Gasteiger partial charge in [0.15, 0.2) is 0 Å². The zero-order chi connectivity index (χ0) is 13.1. The Morgan fingerprint density at radius 2 is 1.89 bits per heavy atom. The normalized spacial score (nSPS) is 17.2. The minimum Gasteiger partial charge on any atom is -0.493 e. The second kappa shape index (κ2) is 5.89. The highest BCUT2D eigenvalue weighted by atomic mass is 35.5. The highest BCUT2D eigenvalue weighted by Gasteiger charge is 2.23. The van der Waals surface area contributed by atoms with Crippen LogP contribution in [0.25, 0.3) is 0 Å². The molecule has 1 aliphatic heterocycles. The molecule has 0 radical (unpaired) electrons. The number of ether oxygens (including phenoxy) is 1. The lowest BCUT2D eigenvalue weighted by molar-refractivity contribution is 0.298. The molecule has 3 rings (SSSR count). The number of hydrogen-bond donors (Lipinski definition) is 0. The Bertz CT molecular complexity index is 553. The van der Waals surface area contributed by atoms with Crippen LogP contribution < -0.4 is 4.74 Å². The second-order valence-corrected chi connectivity index (χ2v) is 5.96. The lowest BCUT2D eigenvalue weighted by Gasteiger charge is -2.12. The maximum absolute atomic E-state index is 5.89. The van der Waals surface area contributed by atoms with Gasteiger partial charge in [-0.05, 0) is 29.3 Å². The SMILES string of the molecule is ClCc1ccc(OCC2CSc3ccccc32)cc1. The van der Waals surface area contributed by atoms with Gasteiger partial charge in [-0.3, -0.25) is 0 Å². The van der Waals surface area contributed by atoms with E-state index in [0.29, 0.717) is 11.8 Å². The fraction of sp³-hybridized carbons (Fsp3) is 0.250. The Kier molecular flexibility index (Phi) is 4.00. The first-order chi connectivity index (χ1) is 9.36. The first kappa shape index (κ1) is 12.9. The molecule has 0 bridgehead atoms. The molecule has 0 spiro atoms. The highest BCUT2D eigenvalue weighted by molar-refractivity contribution is 7.99. The van der Waals surface area contributed by atoms with Gasteiger partial charge in [0, 0.05) is 22.4 Å². The van der Waals surface area contributed by atoms with Crippen molar-refractivity contribution in [2.45, 2.75) is 16.7 Å². The Morgan fingerprint density at radius 1 is 1.11 bits per heavy atom. The summed E-state index contributed by atoms with van der Waals surface area (Å²) in [6, 6.07) is 16.6. The van der Waals surface area contributed by atoms with Crippen LogP contribution in [-0.4, -0.2) is 12.4 Å². The summed E-state index contributed by atoms with van der Waals surface area (Å²) in [6.45, 7) is 0.740. The van der Waals surface area contributed by atoms with Crippen LogP contribution >= 0.6 is 23.4 Å². The van der Waals surface area contributed by atoms with Gasteiger partial charge < -0.3 is 4.74 Å². The number of rotatable bonds is 4. The molecule has 1 nitrogen and oxygen atoms in total. The van der Waals surface area contributed by atoms with Gasteiger partial charge in [0.25, 0.3) is 0 Å². The third-order valence-electron chi connectivity index (χ3n) is 3.33. The summed E-state index contributed by atoms with van der Waals surface area (Å²) < 4.78 is 5.89. The summed E-state index contributed by atoms with van der Waals surface area (Å²) in [7, 11) is 0. The van der Waals surface area contributed by atoms with E-state index in [1.807, 2.05) is 36.0 Å². The van der Waals surface area contributed by atoms with Gasteiger partial charge in [-0.15, -0.1) is 23.4 Å². The van der Waals surface area contributed by atoms with E-state index in [-0.39, 0.29) is 0 Å². The summed E-state index contributed by atoms with van der Waals surface area (Å²) in [5.74, 6) is 3.07. The highest BCUT2D eigenvalue weighted by Crippen LogP contribution is 2.39. The quantitative estimate of drug-likeness (QED) is 0.755. The minimum atomic E-state index is 0.494. The molecule has 1 heterocycles. The number of benzene rings is 2. The fourth-order valence-electron chi connectivity index (χ4n) is 2.24. The van der Waals surface area contributed by atoms with Crippen LogP contribution in [-0.2, 0) is 5.88 Å². The van der Waals surface area contributed by atoms with Crippen molar-refractivity contribution in [3.8, 4) is 5.75 Å². The number of thioether (sulfide) groups is 1. The van der Waals surface area contributed by atoms with E-state index in [9.17, 15) is 0 Å². The van der Waals surface area contributed by atoms with Crippen molar-refractivity contribution in [3.63, 3.8) is 0 Å². The average Bonchev–Trinajstić information content (AvgIpc) is 2.89. The molecular weight excluding hydrogens is 276 g/mol. The Labute approximate surface area is 122 Å². The molecule has 2 aromatic rings. The van der Waals surface area contributed by atoms with Crippen molar-refractivity contribution in [1.29, 1.82) is 0 Å². The fourth-order valence-corrected chi connectivity index (χ4v) is 3.65. The van der Waals surface area contributed by atoms with Crippen molar-refractivity contribution >= 4 is 23.4 Å². The summed E-state index contributed by atoms with van der Waals surface area (Å²) in [5.41, 5.74) is 2.54.